The molecule has 0 aliphatic carbocycles. The predicted molar refractivity (Wildman–Crippen MR) is 109 cm³/mol. The van der Waals surface area contributed by atoms with Crippen LogP contribution in [0.15, 0.2) is 12.1 Å². The molecule has 0 amide bonds. The van der Waals surface area contributed by atoms with Crippen molar-refractivity contribution in [1.82, 2.24) is 0 Å². The zero-order chi connectivity index (χ0) is 24.2. The SMILES string of the molecule is Cc1cc([N+](=O)[O-])c(OCCOc2c(C)cc([N+](=O)[O-])c(C)c2OON)c([N+](=O)[O-])c1C. The zero-order valence-electron chi connectivity index (χ0n) is 17.6. The Labute approximate surface area is 180 Å². The summed E-state index contributed by atoms with van der Waals surface area (Å²) in [7, 11) is 0. The van der Waals surface area contributed by atoms with Gasteiger partial charge in [0.05, 0.1) is 20.3 Å². The van der Waals surface area contributed by atoms with Crippen molar-refractivity contribution >= 4 is 17.1 Å². The van der Waals surface area contributed by atoms with Gasteiger partial charge in [-0.3, -0.25) is 30.3 Å². The molecule has 2 N–H and O–H groups in total. The second-order valence-corrected chi connectivity index (χ2v) is 6.66. The van der Waals surface area contributed by atoms with Crippen LogP contribution in [0.1, 0.15) is 22.3 Å². The summed E-state index contributed by atoms with van der Waals surface area (Å²) in [6, 6.07) is 2.45. The van der Waals surface area contributed by atoms with Crippen LogP contribution in [0, 0.1) is 58.0 Å². The molecular weight excluding hydrogens is 432 g/mol. The van der Waals surface area contributed by atoms with E-state index in [1.54, 1.807) is 0 Å². The number of benzene rings is 2. The van der Waals surface area contributed by atoms with Gasteiger partial charge in [0.25, 0.3) is 11.4 Å². The summed E-state index contributed by atoms with van der Waals surface area (Å²) < 4.78 is 10.9. The van der Waals surface area contributed by atoms with E-state index in [0.29, 0.717) is 11.1 Å². The molecular formula is C18H20N4O10. The number of nitrogens with zero attached hydrogens (tertiary/aromatic N) is 3. The maximum atomic E-state index is 11.5. The molecule has 0 bridgehead atoms. The summed E-state index contributed by atoms with van der Waals surface area (Å²) in [5, 5.41) is 34.0. The highest BCUT2D eigenvalue weighted by atomic mass is 17.3. The summed E-state index contributed by atoms with van der Waals surface area (Å²) in [4.78, 5) is 40.9. The molecule has 14 heteroatoms. The lowest BCUT2D eigenvalue weighted by Crippen LogP contribution is -2.14. The lowest BCUT2D eigenvalue weighted by molar-refractivity contribution is -0.396. The van der Waals surface area contributed by atoms with Gasteiger partial charge in [-0.05, 0) is 33.3 Å². The Bertz CT molecular complexity index is 1090. The molecule has 0 radical (unpaired) electrons. The highest BCUT2D eigenvalue weighted by Crippen LogP contribution is 2.42. The van der Waals surface area contributed by atoms with Crippen molar-refractivity contribution in [2.45, 2.75) is 27.7 Å². The molecule has 0 aliphatic heterocycles. The first-order chi connectivity index (χ1) is 15.0. The number of nitrogens with two attached hydrogens (primary N) is 1. The van der Waals surface area contributed by atoms with Gasteiger partial charge in [-0.15, -0.1) is 0 Å². The van der Waals surface area contributed by atoms with E-state index in [0.717, 1.165) is 0 Å². The van der Waals surface area contributed by atoms with Crippen LogP contribution < -0.4 is 20.3 Å². The molecule has 0 aromatic heterocycles. The average molecular weight is 452 g/mol. The van der Waals surface area contributed by atoms with Gasteiger partial charge in [-0.2, -0.15) is 5.90 Å². The third-order valence-electron chi connectivity index (χ3n) is 4.67. The molecule has 0 spiro atoms. The van der Waals surface area contributed by atoms with Gasteiger partial charge in [0, 0.05) is 23.3 Å². The highest BCUT2D eigenvalue weighted by molar-refractivity contribution is 5.66. The van der Waals surface area contributed by atoms with Crippen molar-refractivity contribution in [3.63, 3.8) is 0 Å². The van der Waals surface area contributed by atoms with Crippen molar-refractivity contribution in [1.29, 1.82) is 0 Å². The summed E-state index contributed by atoms with van der Waals surface area (Å²) in [5.74, 6) is 4.35. The van der Waals surface area contributed by atoms with Crippen LogP contribution in [0.5, 0.6) is 17.2 Å². The third-order valence-corrected chi connectivity index (χ3v) is 4.67. The fraction of sp³-hybridized carbons (Fsp3) is 0.333. The van der Waals surface area contributed by atoms with Crippen LogP contribution in [0.4, 0.5) is 17.1 Å². The Morgan fingerprint density at radius 2 is 1.28 bits per heavy atom. The van der Waals surface area contributed by atoms with Gasteiger partial charge in [0.2, 0.25) is 5.75 Å². The first-order valence-corrected chi connectivity index (χ1v) is 9.01. The van der Waals surface area contributed by atoms with Crippen molar-refractivity contribution < 1.29 is 34.1 Å². The molecule has 2 aromatic rings. The standard InChI is InChI=1S/C18H20N4O10/c1-9-7-14(21(25)26)18(15(11(9)3)22(27)28)30-6-5-29-16-10(2)8-13(20(23)24)12(4)17(16)31-32-19/h7-8H,5-6,19H2,1-4H3. The number of hydrogen-bond donors (Lipinski definition) is 1. The van der Waals surface area contributed by atoms with Crippen LogP contribution >= 0.6 is 0 Å². The van der Waals surface area contributed by atoms with Gasteiger partial charge in [-0.25, -0.2) is 0 Å². The molecule has 14 nitrogen and oxygen atoms in total. The number of nitro groups is 3. The normalized spacial score (nSPS) is 10.5. The van der Waals surface area contributed by atoms with Crippen molar-refractivity contribution in [2.75, 3.05) is 13.2 Å². The molecule has 0 unspecified atom stereocenters. The van der Waals surface area contributed by atoms with Crippen LogP contribution in [0.25, 0.3) is 0 Å². The fourth-order valence-corrected chi connectivity index (χ4v) is 3.00. The summed E-state index contributed by atoms with van der Waals surface area (Å²) >= 11 is 0. The molecule has 0 fully saturated rings. The van der Waals surface area contributed by atoms with Crippen LogP contribution in [0.2, 0.25) is 0 Å². The Balaban J connectivity index is 2.31. The van der Waals surface area contributed by atoms with E-state index in [1.165, 1.54) is 39.8 Å². The number of rotatable bonds is 10. The molecule has 172 valence electrons. The van der Waals surface area contributed by atoms with Crippen molar-refractivity contribution in [3.05, 3.63) is 64.7 Å². The largest absolute Gasteiger partial charge is 0.486 e. The lowest BCUT2D eigenvalue weighted by Gasteiger charge is -2.15. The number of ether oxygens (including phenoxy) is 2. The second kappa shape index (κ2) is 9.84. The van der Waals surface area contributed by atoms with Crippen LogP contribution in [-0.2, 0) is 4.99 Å². The quantitative estimate of drug-likeness (QED) is 0.240. The summed E-state index contributed by atoms with van der Waals surface area (Å²) in [6.07, 6.45) is 0. The molecule has 0 saturated carbocycles. The van der Waals surface area contributed by atoms with E-state index < -0.39 is 31.9 Å². The second-order valence-electron chi connectivity index (χ2n) is 6.66. The van der Waals surface area contributed by atoms with E-state index in [1.807, 2.05) is 0 Å². The van der Waals surface area contributed by atoms with Crippen LogP contribution in [0.3, 0.4) is 0 Å². The summed E-state index contributed by atoms with van der Waals surface area (Å²) in [6.45, 7) is 5.34. The van der Waals surface area contributed by atoms with Crippen LogP contribution in [-0.4, -0.2) is 28.0 Å². The van der Waals surface area contributed by atoms with Gasteiger partial charge in [0.1, 0.15) is 13.2 Å². The average Bonchev–Trinajstić information content (AvgIpc) is 2.70. The van der Waals surface area contributed by atoms with E-state index in [9.17, 15) is 30.3 Å². The van der Waals surface area contributed by atoms with E-state index in [-0.39, 0.29) is 41.5 Å². The van der Waals surface area contributed by atoms with Gasteiger partial charge in [-0.1, -0.05) is 4.99 Å². The van der Waals surface area contributed by atoms with Gasteiger partial charge < -0.3 is 14.4 Å². The number of hydrogen-bond acceptors (Lipinski definition) is 11. The molecule has 0 heterocycles. The van der Waals surface area contributed by atoms with E-state index in [4.69, 9.17) is 20.3 Å². The maximum absolute atomic E-state index is 11.5. The van der Waals surface area contributed by atoms with E-state index in [2.05, 4.69) is 4.99 Å². The van der Waals surface area contributed by atoms with E-state index >= 15 is 0 Å². The Hall–Kier alpha value is -4.04. The molecule has 0 aliphatic rings. The first-order valence-electron chi connectivity index (χ1n) is 9.01. The Kier molecular flexibility index (Phi) is 7.45. The number of aryl methyl sites for hydroxylation is 2. The fourth-order valence-electron chi connectivity index (χ4n) is 3.00. The molecule has 32 heavy (non-hydrogen) atoms. The minimum Gasteiger partial charge on any atom is -0.486 e. The number of nitro benzene ring substituents is 3. The maximum Gasteiger partial charge on any atom is 0.321 e. The molecule has 2 rings (SSSR count). The van der Waals surface area contributed by atoms with Gasteiger partial charge >= 0.3 is 11.4 Å². The molecule has 2 aromatic carbocycles. The minimum atomic E-state index is -0.774. The topological polar surface area (TPSA) is 192 Å². The monoisotopic (exact) mass is 452 g/mol. The lowest BCUT2D eigenvalue weighted by atomic mass is 10.1. The van der Waals surface area contributed by atoms with Gasteiger partial charge in [0.15, 0.2) is 5.75 Å². The molecule has 0 saturated heterocycles. The molecule has 0 atom stereocenters. The Morgan fingerprint density at radius 3 is 1.78 bits per heavy atom. The first kappa shape index (κ1) is 24.2. The highest BCUT2D eigenvalue weighted by Gasteiger charge is 2.31. The Morgan fingerprint density at radius 1 is 0.750 bits per heavy atom. The van der Waals surface area contributed by atoms with Crippen molar-refractivity contribution in [2.24, 2.45) is 5.90 Å². The summed E-state index contributed by atoms with van der Waals surface area (Å²) in [5.41, 5.74) is -0.316. The zero-order valence-corrected chi connectivity index (χ0v) is 17.6. The predicted octanol–water partition coefficient (Wildman–Crippen LogP) is 3.29. The van der Waals surface area contributed by atoms with Crippen molar-refractivity contribution in [3.8, 4) is 17.2 Å². The smallest absolute Gasteiger partial charge is 0.321 e. The third kappa shape index (κ3) is 4.81. The minimum absolute atomic E-state index is 0.0613.